The monoisotopic (exact) mass is 336 g/mol. The summed E-state index contributed by atoms with van der Waals surface area (Å²) in [6.45, 7) is 11.0. The summed E-state index contributed by atoms with van der Waals surface area (Å²) in [5.74, 6) is 1.66. The van der Waals surface area contributed by atoms with Gasteiger partial charge in [0.2, 0.25) is 0 Å². The maximum Gasteiger partial charge on any atom is 0.193 e. The van der Waals surface area contributed by atoms with Crippen LogP contribution in [0.5, 0.6) is 0 Å². The molecule has 1 unspecified atom stereocenters. The summed E-state index contributed by atoms with van der Waals surface area (Å²) >= 11 is 1.83. The van der Waals surface area contributed by atoms with Gasteiger partial charge in [0.25, 0.3) is 0 Å². The van der Waals surface area contributed by atoms with Gasteiger partial charge in [-0.25, -0.2) is 0 Å². The Kier molecular flexibility index (Phi) is 7.89. The highest BCUT2D eigenvalue weighted by molar-refractivity contribution is 7.09. The molecule has 0 bridgehead atoms. The molecule has 5 heteroatoms. The number of hydrogen-bond donors (Lipinski definition) is 1. The van der Waals surface area contributed by atoms with Crippen LogP contribution in [0.3, 0.4) is 0 Å². The molecular weight excluding hydrogens is 304 g/mol. The first-order valence-corrected chi connectivity index (χ1v) is 9.81. The zero-order valence-corrected chi connectivity index (χ0v) is 15.7. The molecule has 0 radical (unpaired) electrons. The van der Waals surface area contributed by atoms with Crippen molar-refractivity contribution >= 4 is 17.3 Å². The van der Waals surface area contributed by atoms with Crippen molar-refractivity contribution < 1.29 is 0 Å². The molecule has 0 saturated carbocycles. The number of rotatable bonds is 8. The van der Waals surface area contributed by atoms with E-state index in [1.54, 1.807) is 0 Å². The fourth-order valence-electron chi connectivity index (χ4n) is 3.01. The summed E-state index contributed by atoms with van der Waals surface area (Å²) in [6, 6.07) is 4.33. The van der Waals surface area contributed by atoms with Gasteiger partial charge in [0, 0.05) is 38.1 Å². The molecule has 1 aromatic heterocycles. The summed E-state index contributed by atoms with van der Waals surface area (Å²) < 4.78 is 0. The van der Waals surface area contributed by atoms with Crippen molar-refractivity contribution in [3.8, 4) is 0 Å². The normalized spacial score (nSPS) is 17.4. The second kappa shape index (κ2) is 9.93. The molecule has 0 spiro atoms. The lowest BCUT2D eigenvalue weighted by molar-refractivity contribution is 0.291. The van der Waals surface area contributed by atoms with Crippen LogP contribution in [-0.4, -0.2) is 62.1 Å². The summed E-state index contributed by atoms with van der Waals surface area (Å²) in [6.07, 6.45) is 3.82. The SMILES string of the molecule is CCNC(=NCC(C)CN1CCCC1)N(C)CCc1cccs1. The van der Waals surface area contributed by atoms with Gasteiger partial charge in [-0.1, -0.05) is 13.0 Å². The molecule has 4 nitrogen and oxygen atoms in total. The van der Waals surface area contributed by atoms with Gasteiger partial charge in [-0.05, 0) is 56.6 Å². The number of nitrogens with one attached hydrogen (secondary N) is 1. The maximum absolute atomic E-state index is 4.86. The van der Waals surface area contributed by atoms with Crippen LogP contribution in [0.1, 0.15) is 31.6 Å². The van der Waals surface area contributed by atoms with Crippen LogP contribution in [0.15, 0.2) is 22.5 Å². The number of nitrogens with zero attached hydrogens (tertiary/aromatic N) is 3. The standard InChI is InChI=1S/C18H32N4S/c1-4-19-18(21(3)12-9-17-8-7-13-23-17)20-14-16(2)15-22-10-5-6-11-22/h7-8,13,16H,4-6,9-12,14-15H2,1-3H3,(H,19,20). The van der Waals surface area contributed by atoms with E-state index in [9.17, 15) is 0 Å². The average molecular weight is 337 g/mol. The molecule has 2 rings (SSSR count). The summed E-state index contributed by atoms with van der Waals surface area (Å²) in [5.41, 5.74) is 0. The van der Waals surface area contributed by atoms with Crippen LogP contribution >= 0.6 is 11.3 Å². The minimum absolute atomic E-state index is 0.618. The largest absolute Gasteiger partial charge is 0.357 e. The molecule has 130 valence electrons. The van der Waals surface area contributed by atoms with E-state index in [0.29, 0.717) is 5.92 Å². The van der Waals surface area contributed by atoms with Crippen molar-refractivity contribution in [3.05, 3.63) is 22.4 Å². The highest BCUT2D eigenvalue weighted by Crippen LogP contribution is 2.11. The summed E-state index contributed by atoms with van der Waals surface area (Å²) in [5, 5.41) is 5.57. The van der Waals surface area contributed by atoms with Crippen LogP contribution < -0.4 is 5.32 Å². The van der Waals surface area contributed by atoms with Crippen molar-refractivity contribution in [2.75, 3.05) is 46.3 Å². The minimum Gasteiger partial charge on any atom is -0.357 e. The molecule has 1 N–H and O–H groups in total. The van der Waals surface area contributed by atoms with Crippen LogP contribution in [0.25, 0.3) is 0 Å². The third-order valence-electron chi connectivity index (χ3n) is 4.29. The van der Waals surface area contributed by atoms with E-state index in [4.69, 9.17) is 4.99 Å². The molecule has 0 aromatic carbocycles. The van der Waals surface area contributed by atoms with E-state index in [0.717, 1.165) is 32.0 Å². The van der Waals surface area contributed by atoms with E-state index in [1.165, 1.54) is 37.4 Å². The Labute approximate surface area is 145 Å². The Morgan fingerprint density at radius 2 is 2.22 bits per heavy atom. The Morgan fingerprint density at radius 1 is 1.43 bits per heavy atom. The van der Waals surface area contributed by atoms with Crippen LogP contribution in [-0.2, 0) is 6.42 Å². The second-order valence-corrected chi connectivity index (χ2v) is 7.59. The number of thiophene rings is 1. The van der Waals surface area contributed by atoms with Crippen molar-refractivity contribution in [2.24, 2.45) is 10.9 Å². The average Bonchev–Trinajstić information content (AvgIpc) is 3.22. The maximum atomic E-state index is 4.86. The van der Waals surface area contributed by atoms with Gasteiger partial charge in [-0.2, -0.15) is 0 Å². The lowest BCUT2D eigenvalue weighted by atomic mass is 10.2. The Hall–Kier alpha value is -1.07. The van der Waals surface area contributed by atoms with Gasteiger partial charge >= 0.3 is 0 Å². The molecule has 0 amide bonds. The Morgan fingerprint density at radius 3 is 2.87 bits per heavy atom. The number of aliphatic imine (C=N–C) groups is 1. The first kappa shape index (κ1) is 18.3. The second-order valence-electron chi connectivity index (χ2n) is 6.56. The fourth-order valence-corrected chi connectivity index (χ4v) is 3.71. The van der Waals surface area contributed by atoms with Crippen LogP contribution in [0.4, 0.5) is 0 Å². The van der Waals surface area contributed by atoms with Crippen molar-refractivity contribution in [3.63, 3.8) is 0 Å². The molecule has 1 fully saturated rings. The van der Waals surface area contributed by atoms with Gasteiger partial charge in [-0.3, -0.25) is 4.99 Å². The van der Waals surface area contributed by atoms with Crippen LogP contribution in [0.2, 0.25) is 0 Å². The van der Waals surface area contributed by atoms with Crippen molar-refractivity contribution in [1.29, 1.82) is 0 Å². The highest BCUT2D eigenvalue weighted by atomic mass is 32.1. The molecule has 1 saturated heterocycles. The number of likely N-dealkylation sites (tertiary alicyclic amines) is 1. The predicted octanol–water partition coefficient (Wildman–Crippen LogP) is 2.92. The first-order chi connectivity index (χ1) is 11.2. The van der Waals surface area contributed by atoms with Crippen molar-refractivity contribution in [1.82, 2.24) is 15.1 Å². The molecule has 2 heterocycles. The third-order valence-corrected chi connectivity index (χ3v) is 5.23. The predicted molar refractivity (Wildman–Crippen MR) is 101 cm³/mol. The van der Waals surface area contributed by atoms with Gasteiger partial charge in [-0.15, -0.1) is 11.3 Å². The lowest BCUT2D eigenvalue weighted by Crippen LogP contribution is -2.40. The molecule has 1 atom stereocenters. The third kappa shape index (κ3) is 6.51. The van der Waals surface area contributed by atoms with Gasteiger partial charge in [0.1, 0.15) is 0 Å². The Balaban J connectivity index is 1.79. The lowest BCUT2D eigenvalue weighted by Gasteiger charge is -2.23. The van der Waals surface area contributed by atoms with Gasteiger partial charge in [0.15, 0.2) is 5.96 Å². The van der Waals surface area contributed by atoms with E-state index in [2.05, 4.69) is 53.5 Å². The smallest absolute Gasteiger partial charge is 0.193 e. The molecule has 1 aliphatic heterocycles. The quantitative estimate of drug-likeness (QED) is 0.585. The molecular formula is C18H32N4S. The summed E-state index contributed by atoms with van der Waals surface area (Å²) in [4.78, 5) is 11.1. The molecule has 23 heavy (non-hydrogen) atoms. The molecule has 1 aliphatic rings. The fraction of sp³-hybridized carbons (Fsp3) is 0.722. The Bertz CT molecular complexity index is 452. The zero-order valence-electron chi connectivity index (χ0n) is 14.9. The topological polar surface area (TPSA) is 30.9 Å². The van der Waals surface area contributed by atoms with Crippen LogP contribution in [0, 0.1) is 5.92 Å². The van der Waals surface area contributed by atoms with Crippen molar-refractivity contribution in [2.45, 2.75) is 33.1 Å². The highest BCUT2D eigenvalue weighted by Gasteiger charge is 2.15. The first-order valence-electron chi connectivity index (χ1n) is 8.93. The zero-order chi connectivity index (χ0) is 16.5. The van der Waals surface area contributed by atoms with Gasteiger partial charge in [0.05, 0.1) is 0 Å². The number of likely N-dealkylation sites (N-methyl/N-ethyl adjacent to an activating group) is 1. The molecule has 0 aliphatic carbocycles. The number of hydrogen-bond acceptors (Lipinski definition) is 3. The van der Waals surface area contributed by atoms with E-state index >= 15 is 0 Å². The number of guanidine groups is 1. The van der Waals surface area contributed by atoms with E-state index in [1.807, 2.05) is 11.3 Å². The van der Waals surface area contributed by atoms with E-state index < -0.39 is 0 Å². The minimum atomic E-state index is 0.618. The summed E-state index contributed by atoms with van der Waals surface area (Å²) in [7, 11) is 2.14. The van der Waals surface area contributed by atoms with Gasteiger partial charge < -0.3 is 15.1 Å². The van der Waals surface area contributed by atoms with E-state index in [-0.39, 0.29) is 0 Å². The molecule has 1 aromatic rings.